The number of pyridine rings is 1. The number of hydrogen-bond donors (Lipinski definition) is 2. The normalized spacial score (nSPS) is 11.3. The Labute approximate surface area is 124 Å². The Bertz CT molecular complexity index is 835. The van der Waals surface area contributed by atoms with Gasteiger partial charge in [-0.15, -0.1) is 11.3 Å². The first-order valence-electron chi connectivity index (χ1n) is 5.90. The minimum atomic E-state index is -3.87. The quantitative estimate of drug-likeness (QED) is 0.863. The number of aryl methyl sites for hydroxylation is 1. The van der Waals surface area contributed by atoms with Gasteiger partial charge in [0, 0.05) is 18.8 Å². The van der Waals surface area contributed by atoms with Gasteiger partial charge in [-0.3, -0.25) is 9.52 Å². The SMILES string of the molecule is CCn1cc(NS(=O)(=O)c2ccc(C(=O)O)s2)ccc1=O. The van der Waals surface area contributed by atoms with Gasteiger partial charge < -0.3 is 9.67 Å². The van der Waals surface area contributed by atoms with Crippen molar-refractivity contribution in [1.29, 1.82) is 0 Å². The molecule has 0 fully saturated rings. The second-order valence-corrected chi connectivity index (χ2v) is 7.06. The Kier molecular flexibility index (Phi) is 4.14. The summed E-state index contributed by atoms with van der Waals surface area (Å²) in [4.78, 5) is 22.2. The predicted molar refractivity (Wildman–Crippen MR) is 78.5 cm³/mol. The molecule has 2 aromatic rings. The number of aromatic carboxylic acids is 1. The van der Waals surface area contributed by atoms with E-state index in [9.17, 15) is 18.0 Å². The number of thiophene rings is 1. The van der Waals surface area contributed by atoms with Gasteiger partial charge in [-0.05, 0) is 25.1 Å². The molecule has 21 heavy (non-hydrogen) atoms. The van der Waals surface area contributed by atoms with E-state index in [0.717, 1.165) is 0 Å². The molecule has 2 N–H and O–H groups in total. The highest BCUT2D eigenvalue weighted by atomic mass is 32.2. The van der Waals surface area contributed by atoms with E-state index in [2.05, 4.69) is 4.72 Å². The molecule has 0 aliphatic heterocycles. The van der Waals surface area contributed by atoms with E-state index in [1.54, 1.807) is 6.92 Å². The maximum absolute atomic E-state index is 12.1. The molecule has 2 heterocycles. The highest BCUT2D eigenvalue weighted by Crippen LogP contribution is 2.23. The van der Waals surface area contributed by atoms with Crippen molar-refractivity contribution >= 4 is 33.0 Å². The Morgan fingerprint density at radius 2 is 2.05 bits per heavy atom. The monoisotopic (exact) mass is 328 g/mol. The number of nitrogens with one attached hydrogen (secondary N) is 1. The number of carbonyl (C=O) groups is 1. The van der Waals surface area contributed by atoms with Crippen LogP contribution in [0.25, 0.3) is 0 Å². The van der Waals surface area contributed by atoms with Gasteiger partial charge in [0.05, 0.1) is 5.69 Å². The molecule has 0 saturated carbocycles. The lowest BCUT2D eigenvalue weighted by molar-refractivity contribution is 0.0702. The summed E-state index contributed by atoms with van der Waals surface area (Å²) >= 11 is 0.662. The number of carboxylic acid groups (broad SMARTS) is 1. The van der Waals surface area contributed by atoms with Crippen LogP contribution in [0.4, 0.5) is 5.69 Å². The van der Waals surface area contributed by atoms with Crippen LogP contribution in [0.1, 0.15) is 16.6 Å². The van der Waals surface area contributed by atoms with E-state index in [0.29, 0.717) is 17.9 Å². The second-order valence-electron chi connectivity index (χ2n) is 4.07. The van der Waals surface area contributed by atoms with E-state index >= 15 is 0 Å². The van der Waals surface area contributed by atoms with Crippen LogP contribution in [0.5, 0.6) is 0 Å². The van der Waals surface area contributed by atoms with E-state index < -0.39 is 16.0 Å². The minimum Gasteiger partial charge on any atom is -0.477 e. The number of sulfonamides is 1. The summed E-state index contributed by atoms with van der Waals surface area (Å²) in [6, 6.07) is 5.08. The molecule has 7 nitrogen and oxygen atoms in total. The van der Waals surface area contributed by atoms with Gasteiger partial charge in [0.25, 0.3) is 15.6 Å². The third-order valence-corrected chi connectivity index (χ3v) is 5.58. The second kappa shape index (κ2) is 5.70. The summed E-state index contributed by atoms with van der Waals surface area (Å²) in [5.41, 5.74) is 0.00598. The van der Waals surface area contributed by atoms with Crippen LogP contribution in [-0.2, 0) is 16.6 Å². The first kappa shape index (κ1) is 15.3. The van der Waals surface area contributed by atoms with Crippen molar-refractivity contribution < 1.29 is 18.3 Å². The van der Waals surface area contributed by atoms with Crippen molar-refractivity contribution in [3.05, 3.63) is 45.7 Å². The molecule has 0 bridgehead atoms. The zero-order chi connectivity index (χ0) is 15.6. The van der Waals surface area contributed by atoms with Gasteiger partial charge in [-0.25, -0.2) is 13.2 Å². The van der Waals surface area contributed by atoms with Gasteiger partial charge in [0.2, 0.25) is 0 Å². The largest absolute Gasteiger partial charge is 0.477 e. The average molecular weight is 328 g/mol. The molecular formula is C12H12N2O5S2. The maximum atomic E-state index is 12.1. The molecule has 0 aromatic carbocycles. The van der Waals surface area contributed by atoms with E-state index in [1.807, 2.05) is 0 Å². The van der Waals surface area contributed by atoms with E-state index in [-0.39, 0.29) is 20.3 Å². The van der Waals surface area contributed by atoms with Gasteiger partial charge in [-0.2, -0.15) is 0 Å². The molecule has 0 radical (unpaired) electrons. The molecule has 0 aliphatic rings. The topological polar surface area (TPSA) is 105 Å². The zero-order valence-electron chi connectivity index (χ0n) is 10.9. The number of hydrogen-bond acceptors (Lipinski definition) is 5. The Morgan fingerprint density at radius 1 is 1.33 bits per heavy atom. The van der Waals surface area contributed by atoms with Crippen LogP contribution in [0.2, 0.25) is 0 Å². The molecule has 2 rings (SSSR count). The molecule has 0 atom stereocenters. The minimum absolute atomic E-state index is 0.0612. The van der Waals surface area contributed by atoms with Crippen molar-refractivity contribution in [3.8, 4) is 0 Å². The van der Waals surface area contributed by atoms with Crippen LogP contribution < -0.4 is 10.3 Å². The average Bonchev–Trinajstić information content (AvgIpc) is 2.91. The first-order chi connectivity index (χ1) is 9.83. The number of anilines is 1. The molecule has 0 spiro atoms. The van der Waals surface area contributed by atoms with Crippen molar-refractivity contribution in [3.63, 3.8) is 0 Å². The highest BCUT2D eigenvalue weighted by Gasteiger charge is 2.19. The van der Waals surface area contributed by atoms with E-state index in [1.165, 1.54) is 35.0 Å². The summed E-state index contributed by atoms with van der Waals surface area (Å²) in [5, 5.41) is 8.81. The molecular weight excluding hydrogens is 316 g/mol. The molecule has 2 aromatic heterocycles. The smallest absolute Gasteiger partial charge is 0.345 e. The Balaban J connectivity index is 2.32. The van der Waals surface area contributed by atoms with Gasteiger partial charge in [0.15, 0.2) is 0 Å². The van der Waals surface area contributed by atoms with Gasteiger partial charge >= 0.3 is 5.97 Å². The Hall–Kier alpha value is -2.13. The van der Waals surface area contributed by atoms with Crippen molar-refractivity contribution in [1.82, 2.24) is 4.57 Å². The summed E-state index contributed by atoms with van der Waals surface area (Å²) in [5.74, 6) is -1.18. The van der Waals surface area contributed by atoms with Crippen LogP contribution >= 0.6 is 11.3 Å². The van der Waals surface area contributed by atoms with Crippen molar-refractivity contribution in [2.75, 3.05) is 4.72 Å². The van der Waals surface area contributed by atoms with Gasteiger partial charge in [-0.1, -0.05) is 0 Å². The van der Waals surface area contributed by atoms with Crippen LogP contribution in [-0.4, -0.2) is 24.1 Å². The summed E-state index contributed by atoms with van der Waals surface area (Å²) in [6.45, 7) is 2.18. The lowest BCUT2D eigenvalue weighted by Crippen LogP contribution is -2.19. The number of nitrogens with zero attached hydrogens (tertiary/aromatic N) is 1. The summed E-state index contributed by atoms with van der Waals surface area (Å²) in [6.07, 6.45) is 1.39. The predicted octanol–water partition coefficient (Wildman–Crippen LogP) is 1.43. The summed E-state index contributed by atoms with van der Waals surface area (Å²) < 4.78 is 27.9. The lowest BCUT2D eigenvalue weighted by atomic mass is 10.4. The lowest BCUT2D eigenvalue weighted by Gasteiger charge is -2.08. The molecule has 9 heteroatoms. The third-order valence-electron chi connectivity index (χ3n) is 2.63. The fraction of sp³-hybridized carbons (Fsp3) is 0.167. The molecule has 0 unspecified atom stereocenters. The third kappa shape index (κ3) is 3.31. The van der Waals surface area contributed by atoms with Gasteiger partial charge in [0.1, 0.15) is 9.09 Å². The number of rotatable bonds is 5. The van der Waals surface area contributed by atoms with Crippen LogP contribution in [0, 0.1) is 0 Å². The van der Waals surface area contributed by atoms with Crippen LogP contribution in [0.3, 0.4) is 0 Å². The molecule has 0 amide bonds. The fourth-order valence-corrected chi connectivity index (χ4v) is 3.81. The maximum Gasteiger partial charge on any atom is 0.345 e. The first-order valence-corrected chi connectivity index (χ1v) is 8.20. The number of carboxylic acids is 1. The fourth-order valence-electron chi connectivity index (χ4n) is 1.62. The van der Waals surface area contributed by atoms with Crippen molar-refractivity contribution in [2.24, 2.45) is 0 Å². The molecule has 0 aliphatic carbocycles. The highest BCUT2D eigenvalue weighted by molar-refractivity contribution is 7.94. The molecule has 112 valence electrons. The van der Waals surface area contributed by atoms with Crippen LogP contribution in [0.15, 0.2) is 39.5 Å². The summed E-state index contributed by atoms with van der Waals surface area (Å²) in [7, 11) is -3.87. The molecule has 0 saturated heterocycles. The Morgan fingerprint density at radius 3 is 2.62 bits per heavy atom. The standard InChI is InChI=1S/C12H12N2O5S2/c1-2-14-7-8(3-5-10(14)15)13-21(18,19)11-6-4-9(20-11)12(16)17/h3-7,13H,2H2,1H3,(H,16,17). The van der Waals surface area contributed by atoms with Crippen molar-refractivity contribution in [2.45, 2.75) is 17.7 Å². The zero-order valence-corrected chi connectivity index (χ0v) is 12.6. The van der Waals surface area contributed by atoms with E-state index in [4.69, 9.17) is 5.11 Å². The number of aromatic nitrogens is 1.